The minimum atomic E-state index is -0.836. The minimum Gasteiger partial charge on any atom is -0.372 e. The van der Waals surface area contributed by atoms with Gasteiger partial charge in [-0.3, -0.25) is 0 Å². The topological polar surface area (TPSA) is 78.3 Å². The maximum atomic E-state index is 11.3. The first-order chi connectivity index (χ1) is 6.15. The van der Waals surface area contributed by atoms with Crippen LogP contribution in [0.25, 0.3) is 0 Å². The second-order valence-electron chi connectivity index (χ2n) is 3.46. The molecule has 0 spiro atoms. The number of carbonyl (C=O) groups is 1. The van der Waals surface area contributed by atoms with Gasteiger partial charge in [0.05, 0.1) is 0 Å². The van der Waals surface area contributed by atoms with E-state index in [0.717, 1.165) is 18.6 Å². The van der Waals surface area contributed by atoms with Gasteiger partial charge in [0, 0.05) is 0 Å². The zero-order valence-electron chi connectivity index (χ0n) is 7.79. The standard InChI is InChI=1S/C8H16N2O2S/c1-13-5-4-8(9,6-2-3-6)7(11)12-10/h6H,2-5,9-10H2,1H3. The minimum absolute atomic E-state index is 0.274. The Morgan fingerprint density at radius 3 is 2.69 bits per heavy atom. The summed E-state index contributed by atoms with van der Waals surface area (Å²) in [5.74, 6) is 5.53. The number of rotatable bonds is 5. The van der Waals surface area contributed by atoms with E-state index in [0.29, 0.717) is 6.42 Å². The van der Waals surface area contributed by atoms with Gasteiger partial charge in [-0.1, -0.05) is 0 Å². The normalized spacial score (nSPS) is 20.8. The van der Waals surface area contributed by atoms with Crippen molar-refractivity contribution >= 4 is 17.7 Å². The molecule has 0 aliphatic heterocycles. The molecule has 0 heterocycles. The van der Waals surface area contributed by atoms with Crippen molar-refractivity contribution in [1.82, 2.24) is 0 Å². The molecule has 4 nitrogen and oxygen atoms in total. The Hall–Kier alpha value is -0.260. The molecule has 4 N–H and O–H groups in total. The SMILES string of the molecule is CSCCC(N)(C(=O)ON)C1CC1. The van der Waals surface area contributed by atoms with Gasteiger partial charge in [0.15, 0.2) is 0 Å². The Balaban J connectivity index is 2.56. The highest BCUT2D eigenvalue weighted by molar-refractivity contribution is 7.98. The third-order valence-corrected chi connectivity index (χ3v) is 3.13. The fourth-order valence-electron chi connectivity index (χ4n) is 1.45. The van der Waals surface area contributed by atoms with E-state index in [1.54, 1.807) is 11.8 Å². The molecule has 0 aromatic rings. The smallest absolute Gasteiger partial charge is 0.344 e. The highest BCUT2D eigenvalue weighted by Crippen LogP contribution is 2.40. The molecule has 0 saturated heterocycles. The van der Waals surface area contributed by atoms with Crippen LogP contribution in [0.2, 0.25) is 0 Å². The van der Waals surface area contributed by atoms with Crippen LogP contribution in [0.15, 0.2) is 0 Å². The average molecular weight is 204 g/mol. The van der Waals surface area contributed by atoms with Gasteiger partial charge in [-0.2, -0.15) is 17.7 Å². The zero-order chi connectivity index (χ0) is 9.90. The summed E-state index contributed by atoms with van der Waals surface area (Å²) in [7, 11) is 0. The molecule has 5 heteroatoms. The molecule has 1 rings (SSSR count). The molecule has 0 amide bonds. The van der Waals surface area contributed by atoms with E-state index < -0.39 is 11.5 Å². The maximum absolute atomic E-state index is 11.3. The highest BCUT2D eigenvalue weighted by atomic mass is 32.2. The maximum Gasteiger partial charge on any atom is 0.344 e. The van der Waals surface area contributed by atoms with Crippen molar-refractivity contribution in [1.29, 1.82) is 0 Å². The Labute approximate surface area is 82.3 Å². The van der Waals surface area contributed by atoms with E-state index in [-0.39, 0.29) is 5.92 Å². The lowest BCUT2D eigenvalue weighted by Gasteiger charge is -2.25. The first-order valence-corrected chi connectivity index (χ1v) is 5.73. The quantitative estimate of drug-likeness (QED) is 0.628. The van der Waals surface area contributed by atoms with Crippen molar-refractivity contribution < 1.29 is 9.63 Å². The molecule has 0 aromatic carbocycles. The van der Waals surface area contributed by atoms with Crippen LogP contribution in [0.1, 0.15) is 19.3 Å². The van der Waals surface area contributed by atoms with Gasteiger partial charge in [0.2, 0.25) is 0 Å². The van der Waals surface area contributed by atoms with Gasteiger partial charge in [0.1, 0.15) is 5.54 Å². The first-order valence-electron chi connectivity index (χ1n) is 4.34. The lowest BCUT2D eigenvalue weighted by atomic mass is 9.92. The molecular weight excluding hydrogens is 188 g/mol. The number of hydrogen-bond donors (Lipinski definition) is 2. The summed E-state index contributed by atoms with van der Waals surface area (Å²) in [6.07, 6.45) is 4.66. The fraction of sp³-hybridized carbons (Fsp3) is 0.875. The summed E-state index contributed by atoms with van der Waals surface area (Å²) in [6.45, 7) is 0. The largest absolute Gasteiger partial charge is 0.372 e. The molecule has 1 unspecified atom stereocenters. The van der Waals surface area contributed by atoms with Gasteiger partial charge in [-0.25, -0.2) is 4.79 Å². The Bertz CT molecular complexity index is 197. The van der Waals surface area contributed by atoms with Crippen LogP contribution in [0, 0.1) is 5.92 Å². The average Bonchev–Trinajstić information content (AvgIpc) is 2.96. The summed E-state index contributed by atoms with van der Waals surface area (Å²) in [5.41, 5.74) is 5.14. The number of carbonyl (C=O) groups excluding carboxylic acids is 1. The van der Waals surface area contributed by atoms with Crippen molar-refractivity contribution in [3.63, 3.8) is 0 Å². The van der Waals surface area contributed by atoms with Crippen LogP contribution in [-0.2, 0) is 9.63 Å². The molecule has 1 saturated carbocycles. The van der Waals surface area contributed by atoms with Crippen molar-refractivity contribution in [3.05, 3.63) is 0 Å². The summed E-state index contributed by atoms with van der Waals surface area (Å²) in [6, 6.07) is 0. The Morgan fingerprint density at radius 1 is 1.69 bits per heavy atom. The van der Waals surface area contributed by atoms with Gasteiger partial charge in [0.25, 0.3) is 0 Å². The Morgan fingerprint density at radius 2 is 2.31 bits per heavy atom. The van der Waals surface area contributed by atoms with Gasteiger partial charge >= 0.3 is 5.97 Å². The molecular formula is C8H16N2O2S. The Kier molecular flexibility index (Phi) is 3.58. The predicted octanol–water partition coefficient (Wildman–Crippen LogP) is 0.264. The molecule has 1 aliphatic rings. The van der Waals surface area contributed by atoms with Gasteiger partial charge < -0.3 is 10.6 Å². The van der Waals surface area contributed by atoms with Crippen LogP contribution in [0.5, 0.6) is 0 Å². The molecule has 0 radical (unpaired) electrons. The van der Waals surface area contributed by atoms with Crippen molar-refractivity contribution in [2.24, 2.45) is 17.5 Å². The van der Waals surface area contributed by atoms with Crippen LogP contribution in [0.4, 0.5) is 0 Å². The van der Waals surface area contributed by atoms with Crippen molar-refractivity contribution in [2.75, 3.05) is 12.0 Å². The van der Waals surface area contributed by atoms with Crippen LogP contribution in [-0.4, -0.2) is 23.5 Å². The van der Waals surface area contributed by atoms with Crippen LogP contribution in [0.3, 0.4) is 0 Å². The number of thioether (sulfide) groups is 1. The summed E-state index contributed by atoms with van der Waals surface area (Å²) < 4.78 is 0. The molecule has 1 fully saturated rings. The second-order valence-corrected chi connectivity index (χ2v) is 4.45. The molecule has 0 aromatic heterocycles. The van der Waals surface area contributed by atoms with E-state index in [9.17, 15) is 4.79 Å². The summed E-state index contributed by atoms with van der Waals surface area (Å²) >= 11 is 1.67. The third kappa shape index (κ3) is 2.36. The van der Waals surface area contributed by atoms with Crippen LogP contribution < -0.4 is 11.6 Å². The second kappa shape index (κ2) is 4.30. The lowest BCUT2D eigenvalue weighted by molar-refractivity contribution is -0.151. The predicted molar refractivity (Wildman–Crippen MR) is 52.9 cm³/mol. The summed E-state index contributed by atoms with van der Waals surface area (Å²) in [5, 5.41) is 0. The van der Waals surface area contributed by atoms with Gasteiger partial charge in [-0.05, 0) is 37.2 Å². The molecule has 76 valence electrons. The fourth-order valence-corrected chi connectivity index (χ4v) is 1.99. The zero-order valence-corrected chi connectivity index (χ0v) is 8.60. The van der Waals surface area contributed by atoms with Gasteiger partial charge in [-0.15, -0.1) is 0 Å². The molecule has 13 heavy (non-hydrogen) atoms. The van der Waals surface area contributed by atoms with E-state index in [1.807, 2.05) is 6.26 Å². The first kappa shape index (κ1) is 10.8. The number of nitrogens with two attached hydrogens (primary N) is 2. The molecule has 1 atom stereocenters. The van der Waals surface area contributed by atoms with Crippen molar-refractivity contribution in [3.8, 4) is 0 Å². The van der Waals surface area contributed by atoms with Crippen molar-refractivity contribution in [2.45, 2.75) is 24.8 Å². The molecule has 1 aliphatic carbocycles. The van der Waals surface area contributed by atoms with E-state index in [2.05, 4.69) is 4.84 Å². The highest BCUT2D eigenvalue weighted by Gasteiger charge is 2.48. The monoisotopic (exact) mass is 204 g/mol. The summed E-state index contributed by atoms with van der Waals surface area (Å²) in [4.78, 5) is 15.6. The van der Waals surface area contributed by atoms with Crippen LogP contribution >= 0.6 is 11.8 Å². The lowest BCUT2D eigenvalue weighted by Crippen LogP contribution is -2.52. The molecule has 0 bridgehead atoms. The van der Waals surface area contributed by atoms with E-state index in [4.69, 9.17) is 11.6 Å². The van der Waals surface area contributed by atoms with E-state index >= 15 is 0 Å². The van der Waals surface area contributed by atoms with E-state index in [1.165, 1.54) is 0 Å². The third-order valence-electron chi connectivity index (χ3n) is 2.51. The number of hydrogen-bond acceptors (Lipinski definition) is 5.